The van der Waals surface area contributed by atoms with Gasteiger partial charge in [0.15, 0.2) is 0 Å². The van der Waals surface area contributed by atoms with E-state index in [2.05, 4.69) is 10.5 Å². The molecule has 5 nitrogen and oxygen atoms in total. The Hall–Kier alpha value is -2.08. The van der Waals surface area contributed by atoms with Crippen LogP contribution in [0.4, 0.5) is 18.9 Å². The average molecular weight is 333 g/mol. The van der Waals surface area contributed by atoms with Crippen LogP contribution < -0.4 is 5.43 Å². The number of hydrazone groups is 1. The molecule has 0 aliphatic heterocycles. The van der Waals surface area contributed by atoms with Crippen LogP contribution in [0.5, 0.6) is 0 Å². The van der Waals surface area contributed by atoms with Gasteiger partial charge >= 0.3 is 6.18 Å². The molecule has 0 bridgehead atoms. The fourth-order valence-corrected chi connectivity index (χ4v) is 2.15. The van der Waals surface area contributed by atoms with Crippen LogP contribution >= 0.6 is 0 Å². The summed E-state index contributed by atoms with van der Waals surface area (Å²) in [7, 11) is -3.94. The number of halogens is 3. The van der Waals surface area contributed by atoms with E-state index < -0.39 is 31.4 Å². The maximum absolute atomic E-state index is 12.4. The summed E-state index contributed by atoms with van der Waals surface area (Å²) in [6, 6.07) is 5.29. The summed E-state index contributed by atoms with van der Waals surface area (Å²) in [6.45, 7) is 4.23. The number of nitrogens with one attached hydrogen (secondary N) is 1. The third-order valence-electron chi connectivity index (χ3n) is 2.66. The average Bonchev–Trinajstić information content (AvgIpc) is 2.37. The van der Waals surface area contributed by atoms with Crippen molar-refractivity contribution >= 4 is 20.6 Å². The molecular weight excluding hydrogens is 319 g/mol. The normalized spacial score (nSPS) is 13.6. The fourth-order valence-electron chi connectivity index (χ4n) is 1.28. The Morgan fingerprint density at radius 3 is 2.05 bits per heavy atom. The quantitative estimate of drug-likeness (QED) is 0.512. The lowest BCUT2D eigenvalue weighted by Crippen LogP contribution is -2.34. The predicted octanol–water partition coefficient (Wildman–Crippen LogP) is 3.17. The lowest BCUT2D eigenvalue weighted by molar-refractivity contribution is -0.137. The van der Waals surface area contributed by atoms with Gasteiger partial charge in [0.05, 0.1) is 16.0 Å². The van der Waals surface area contributed by atoms with Crippen molar-refractivity contribution in [1.82, 2.24) is 0 Å². The number of sulfone groups is 1. The van der Waals surface area contributed by atoms with E-state index in [0.29, 0.717) is 0 Å². The second-order valence-corrected chi connectivity index (χ2v) is 7.95. The zero-order valence-electron chi connectivity index (χ0n) is 12.1. The van der Waals surface area contributed by atoms with Crippen LogP contribution in [0.2, 0.25) is 0 Å². The lowest BCUT2D eigenvalue weighted by atomic mass is 10.2. The Morgan fingerprint density at radius 1 is 1.18 bits per heavy atom. The highest BCUT2D eigenvalue weighted by Crippen LogP contribution is 2.29. The van der Waals surface area contributed by atoms with Gasteiger partial charge in [-0.05, 0) is 45.0 Å². The Morgan fingerprint density at radius 2 is 1.68 bits per heavy atom. The Labute approximate surface area is 126 Å². The van der Waals surface area contributed by atoms with Crippen LogP contribution in [-0.4, -0.2) is 18.2 Å². The van der Waals surface area contributed by atoms with Crippen molar-refractivity contribution in [2.45, 2.75) is 31.7 Å². The molecule has 0 saturated carbocycles. The lowest BCUT2D eigenvalue weighted by Gasteiger charge is -2.17. The third kappa shape index (κ3) is 3.98. The van der Waals surface area contributed by atoms with E-state index in [1.165, 1.54) is 26.8 Å². The maximum atomic E-state index is 12.4. The Balaban J connectivity index is 3.03. The summed E-state index contributed by atoms with van der Waals surface area (Å²) >= 11 is 0. The van der Waals surface area contributed by atoms with E-state index in [0.717, 1.165) is 24.3 Å². The molecule has 1 aromatic rings. The van der Waals surface area contributed by atoms with Gasteiger partial charge in [0.25, 0.3) is 5.04 Å². The zero-order valence-corrected chi connectivity index (χ0v) is 12.9. The highest BCUT2D eigenvalue weighted by Gasteiger charge is 2.35. The summed E-state index contributed by atoms with van der Waals surface area (Å²) in [5.74, 6) is 0. The van der Waals surface area contributed by atoms with Crippen LogP contribution in [0.25, 0.3) is 0 Å². The van der Waals surface area contributed by atoms with Crippen LogP contribution in [-0.2, 0) is 16.0 Å². The van der Waals surface area contributed by atoms with Gasteiger partial charge in [0, 0.05) is 0 Å². The summed E-state index contributed by atoms with van der Waals surface area (Å²) in [5, 5.41) is 11.6. The fraction of sp³-hybridized carbons (Fsp3) is 0.385. The molecule has 120 valence electrons. The molecule has 0 unspecified atom stereocenters. The number of hydrogen-bond acceptors (Lipinski definition) is 5. The first-order chi connectivity index (χ1) is 9.89. The number of hydrogen-bond donors (Lipinski definition) is 1. The van der Waals surface area contributed by atoms with Crippen molar-refractivity contribution in [3.63, 3.8) is 0 Å². The van der Waals surface area contributed by atoms with E-state index in [1.54, 1.807) is 0 Å². The number of benzene rings is 1. The van der Waals surface area contributed by atoms with Crippen molar-refractivity contribution in [2.24, 2.45) is 5.10 Å². The standard InChI is InChI=1S/C13H14F3N3O2S/c1-12(2,3)22(20,21)11(8-17)19-18-10-6-4-9(5-7-10)13(14,15)16/h4-7,18H,1-3H3. The van der Waals surface area contributed by atoms with Gasteiger partial charge in [0.1, 0.15) is 6.07 Å². The summed E-state index contributed by atoms with van der Waals surface area (Å²) in [6.07, 6.45) is -4.46. The molecule has 0 amide bonds. The van der Waals surface area contributed by atoms with E-state index in [4.69, 9.17) is 5.26 Å². The largest absolute Gasteiger partial charge is 0.416 e. The van der Waals surface area contributed by atoms with Crippen LogP contribution in [0, 0.1) is 11.3 Å². The smallest absolute Gasteiger partial charge is 0.277 e. The van der Waals surface area contributed by atoms with Crippen LogP contribution in [0.15, 0.2) is 29.4 Å². The molecule has 1 N–H and O–H groups in total. The molecule has 0 radical (unpaired) electrons. The van der Waals surface area contributed by atoms with Gasteiger partial charge < -0.3 is 0 Å². The van der Waals surface area contributed by atoms with E-state index in [9.17, 15) is 21.6 Å². The maximum Gasteiger partial charge on any atom is 0.416 e. The van der Waals surface area contributed by atoms with Crippen molar-refractivity contribution in [1.29, 1.82) is 5.26 Å². The molecule has 0 saturated heterocycles. The number of anilines is 1. The first-order valence-electron chi connectivity index (χ1n) is 6.05. The summed E-state index contributed by atoms with van der Waals surface area (Å²) in [5.41, 5.74) is 1.56. The minimum Gasteiger partial charge on any atom is -0.277 e. The predicted molar refractivity (Wildman–Crippen MR) is 76.8 cm³/mol. The molecule has 0 aliphatic carbocycles. The monoisotopic (exact) mass is 333 g/mol. The van der Waals surface area contributed by atoms with Gasteiger partial charge in [-0.15, -0.1) is 0 Å². The highest BCUT2D eigenvalue weighted by atomic mass is 32.2. The van der Waals surface area contributed by atoms with Gasteiger partial charge in [-0.25, -0.2) is 8.42 Å². The van der Waals surface area contributed by atoms with E-state index in [-0.39, 0.29) is 5.69 Å². The minimum absolute atomic E-state index is 0.129. The van der Waals surface area contributed by atoms with Gasteiger partial charge in [-0.1, -0.05) is 0 Å². The van der Waals surface area contributed by atoms with Gasteiger partial charge in [0.2, 0.25) is 9.84 Å². The number of nitrogens with zero attached hydrogens (tertiary/aromatic N) is 2. The highest BCUT2D eigenvalue weighted by molar-refractivity contribution is 8.08. The van der Waals surface area contributed by atoms with Gasteiger partial charge in [-0.3, -0.25) is 5.43 Å². The first kappa shape index (κ1) is 18.0. The molecule has 1 rings (SSSR count). The molecule has 9 heteroatoms. The minimum atomic E-state index is -4.46. The third-order valence-corrected chi connectivity index (χ3v) is 4.96. The molecule has 1 aromatic carbocycles. The molecule has 0 aliphatic rings. The van der Waals surface area contributed by atoms with E-state index in [1.807, 2.05) is 0 Å². The van der Waals surface area contributed by atoms with E-state index >= 15 is 0 Å². The van der Waals surface area contributed by atoms with Crippen molar-refractivity contribution in [3.05, 3.63) is 29.8 Å². The molecular formula is C13H14F3N3O2S. The SMILES string of the molecule is CC(C)(C)S(=O)(=O)C(C#N)=NNc1ccc(C(F)(F)F)cc1. The van der Waals surface area contributed by atoms with Crippen LogP contribution in [0.3, 0.4) is 0 Å². The summed E-state index contributed by atoms with van der Waals surface area (Å²) < 4.78 is 60.1. The molecule has 0 heterocycles. The first-order valence-corrected chi connectivity index (χ1v) is 7.53. The molecule has 0 spiro atoms. The zero-order chi connectivity index (χ0) is 17.2. The number of rotatable bonds is 2. The topological polar surface area (TPSA) is 82.3 Å². The second kappa shape index (κ2) is 5.96. The summed E-state index contributed by atoms with van der Waals surface area (Å²) in [4.78, 5) is 0. The Bertz CT molecular complexity index is 709. The molecule has 0 fully saturated rings. The van der Waals surface area contributed by atoms with Crippen molar-refractivity contribution in [2.75, 3.05) is 5.43 Å². The Kier molecular flexibility index (Phi) is 4.87. The van der Waals surface area contributed by atoms with Crippen molar-refractivity contribution in [3.8, 4) is 6.07 Å². The van der Waals surface area contributed by atoms with Crippen molar-refractivity contribution < 1.29 is 21.6 Å². The molecule has 0 aromatic heterocycles. The number of alkyl halides is 3. The van der Waals surface area contributed by atoms with Crippen LogP contribution in [0.1, 0.15) is 26.3 Å². The number of nitriles is 1. The van der Waals surface area contributed by atoms with Gasteiger partial charge in [-0.2, -0.15) is 23.5 Å². The molecule has 22 heavy (non-hydrogen) atoms. The second-order valence-electron chi connectivity index (χ2n) is 5.33. The molecule has 0 atom stereocenters.